The van der Waals surface area contributed by atoms with Gasteiger partial charge in [-0.15, -0.1) is 0 Å². The van der Waals surface area contributed by atoms with Gasteiger partial charge in [0.25, 0.3) is 5.91 Å². The zero-order valence-electron chi connectivity index (χ0n) is 20.8. The number of hydrogen-bond donors (Lipinski definition) is 1. The minimum Gasteiger partial charge on any atom is -0.454 e. The van der Waals surface area contributed by atoms with E-state index in [1.807, 2.05) is 48.5 Å². The highest BCUT2D eigenvalue weighted by Crippen LogP contribution is 2.33. The smallest absolute Gasteiger partial charge is 0.325 e. The Morgan fingerprint density at radius 2 is 1.62 bits per heavy atom. The Morgan fingerprint density at radius 3 is 2.41 bits per heavy atom. The molecule has 2 aliphatic rings. The Kier molecular flexibility index (Phi) is 7.59. The molecule has 37 heavy (non-hydrogen) atoms. The van der Waals surface area contributed by atoms with E-state index in [-0.39, 0.29) is 24.4 Å². The van der Waals surface area contributed by atoms with E-state index >= 15 is 0 Å². The van der Waals surface area contributed by atoms with Crippen molar-refractivity contribution < 1.29 is 19.1 Å². The lowest BCUT2D eigenvalue weighted by Crippen LogP contribution is -2.37. The molecule has 1 N–H and O–H groups in total. The second-order valence-electron chi connectivity index (χ2n) is 9.69. The van der Waals surface area contributed by atoms with Crippen LogP contribution in [-0.2, 0) is 19.1 Å². The summed E-state index contributed by atoms with van der Waals surface area (Å²) in [7, 11) is 0. The minimum absolute atomic E-state index is 0.0396. The summed E-state index contributed by atoms with van der Waals surface area (Å²) in [5.74, 6) is -1.19. The molecule has 0 aromatic heterocycles. The molecule has 1 fully saturated rings. The molecule has 5 rings (SSSR count). The van der Waals surface area contributed by atoms with Crippen molar-refractivity contribution in [2.75, 3.05) is 13.2 Å². The maximum absolute atomic E-state index is 13.2. The predicted molar refractivity (Wildman–Crippen MR) is 142 cm³/mol. The monoisotopic (exact) mass is 497 g/mol. The molecule has 3 aromatic carbocycles. The van der Waals surface area contributed by atoms with Gasteiger partial charge >= 0.3 is 5.97 Å². The summed E-state index contributed by atoms with van der Waals surface area (Å²) in [6.45, 7) is -0.674. The van der Waals surface area contributed by atoms with Crippen molar-refractivity contribution in [1.82, 2.24) is 10.3 Å². The van der Waals surface area contributed by atoms with Gasteiger partial charge in [-0.2, -0.15) is 5.10 Å². The van der Waals surface area contributed by atoms with Crippen molar-refractivity contribution >= 4 is 34.3 Å². The number of benzene rings is 3. The Hall–Kier alpha value is -4.00. The van der Waals surface area contributed by atoms with Crippen LogP contribution in [0.1, 0.15) is 55.7 Å². The van der Waals surface area contributed by atoms with Crippen molar-refractivity contribution in [3.05, 3.63) is 83.9 Å². The highest BCUT2D eigenvalue weighted by Gasteiger charge is 2.33. The molecule has 0 saturated heterocycles. The van der Waals surface area contributed by atoms with Crippen LogP contribution in [0.25, 0.3) is 10.8 Å². The number of ether oxygens (including phenoxy) is 1. The van der Waals surface area contributed by atoms with Gasteiger partial charge in [-0.3, -0.25) is 14.4 Å². The molecule has 3 aromatic rings. The first-order valence-corrected chi connectivity index (χ1v) is 13.0. The quantitative estimate of drug-likeness (QED) is 0.477. The molecule has 1 aliphatic heterocycles. The van der Waals surface area contributed by atoms with Crippen LogP contribution >= 0.6 is 0 Å². The molecule has 7 nitrogen and oxygen atoms in total. The van der Waals surface area contributed by atoms with E-state index in [0.29, 0.717) is 6.42 Å². The van der Waals surface area contributed by atoms with Crippen LogP contribution in [0, 0.1) is 5.92 Å². The van der Waals surface area contributed by atoms with Gasteiger partial charge in [0, 0.05) is 12.3 Å². The third-order valence-electron chi connectivity index (χ3n) is 7.17. The summed E-state index contributed by atoms with van der Waals surface area (Å²) >= 11 is 0. The van der Waals surface area contributed by atoms with Gasteiger partial charge in [0.1, 0.15) is 6.54 Å². The van der Waals surface area contributed by atoms with E-state index in [1.165, 1.54) is 5.01 Å². The first-order chi connectivity index (χ1) is 18.1. The third kappa shape index (κ3) is 5.88. The minimum atomic E-state index is -0.633. The number of hydrazone groups is 1. The lowest BCUT2D eigenvalue weighted by atomic mass is 9.89. The average Bonchev–Trinajstić information content (AvgIpc) is 3.41. The van der Waals surface area contributed by atoms with E-state index in [1.54, 1.807) is 0 Å². The molecular weight excluding hydrogens is 466 g/mol. The van der Waals surface area contributed by atoms with Crippen LogP contribution in [0.3, 0.4) is 0 Å². The number of fused-ring (bicyclic) bond motifs is 1. The predicted octanol–water partition coefficient (Wildman–Crippen LogP) is 4.76. The molecule has 0 spiro atoms. The zero-order chi connectivity index (χ0) is 25.6. The first kappa shape index (κ1) is 24.7. The molecule has 1 saturated carbocycles. The molecule has 7 heteroatoms. The van der Waals surface area contributed by atoms with Gasteiger partial charge in [0.15, 0.2) is 6.61 Å². The van der Waals surface area contributed by atoms with Crippen molar-refractivity contribution in [3.8, 4) is 0 Å². The molecule has 1 aliphatic carbocycles. The van der Waals surface area contributed by atoms with Gasteiger partial charge in [-0.25, -0.2) is 5.01 Å². The largest absolute Gasteiger partial charge is 0.454 e. The van der Waals surface area contributed by atoms with Gasteiger partial charge < -0.3 is 10.1 Å². The van der Waals surface area contributed by atoms with E-state index in [9.17, 15) is 14.4 Å². The zero-order valence-corrected chi connectivity index (χ0v) is 20.8. The van der Waals surface area contributed by atoms with Crippen LogP contribution < -0.4 is 5.32 Å². The maximum Gasteiger partial charge on any atom is 0.325 e. The Morgan fingerprint density at radius 1 is 0.892 bits per heavy atom. The van der Waals surface area contributed by atoms with Crippen LogP contribution in [0.2, 0.25) is 0 Å². The van der Waals surface area contributed by atoms with Gasteiger partial charge in [0.2, 0.25) is 5.91 Å². The fourth-order valence-electron chi connectivity index (χ4n) is 5.15. The SMILES string of the molecule is O=C(CNC(=O)C1CCCCC1)OCC(=O)N1N=C(c2ccc3ccccc3c2)C[C@@H]1c1ccccc1. The number of carbonyl (C=O) groups is 3. The average molecular weight is 498 g/mol. The number of nitrogens with one attached hydrogen (secondary N) is 1. The fraction of sp³-hybridized carbons (Fsp3) is 0.333. The van der Waals surface area contributed by atoms with E-state index in [2.05, 4.69) is 34.7 Å². The number of carbonyl (C=O) groups excluding carboxylic acids is 3. The van der Waals surface area contributed by atoms with Gasteiger partial charge in [0.05, 0.1) is 11.8 Å². The summed E-state index contributed by atoms with van der Waals surface area (Å²) in [6, 6.07) is 23.7. The Balaban J connectivity index is 1.25. The van der Waals surface area contributed by atoms with E-state index < -0.39 is 18.5 Å². The van der Waals surface area contributed by atoms with Crippen LogP contribution in [0.5, 0.6) is 0 Å². The summed E-state index contributed by atoms with van der Waals surface area (Å²) < 4.78 is 5.22. The highest BCUT2D eigenvalue weighted by atomic mass is 16.5. The maximum atomic E-state index is 13.2. The molecule has 0 bridgehead atoms. The molecule has 1 atom stereocenters. The molecule has 0 unspecified atom stereocenters. The molecule has 2 amide bonds. The van der Waals surface area contributed by atoms with Gasteiger partial charge in [-0.1, -0.05) is 86.0 Å². The topological polar surface area (TPSA) is 88.1 Å². The van der Waals surface area contributed by atoms with E-state index in [4.69, 9.17) is 4.74 Å². The van der Waals surface area contributed by atoms with Crippen molar-refractivity contribution in [2.24, 2.45) is 11.0 Å². The van der Waals surface area contributed by atoms with E-state index in [0.717, 1.165) is 59.7 Å². The van der Waals surface area contributed by atoms with Crippen LogP contribution in [-0.4, -0.2) is 41.7 Å². The number of rotatable bonds is 7. The normalized spacial score (nSPS) is 17.9. The van der Waals surface area contributed by atoms with Crippen molar-refractivity contribution in [2.45, 2.75) is 44.6 Å². The lowest BCUT2D eigenvalue weighted by molar-refractivity contribution is -0.152. The molecule has 1 heterocycles. The van der Waals surface area contributed by atoms with Crippen molar-refractivity contribution in [3.63, 3.8) is 0 Å². The fourth-order valence-corrected chi connectivity index (χ4v) is 5.15. The third-order valence-corrected chi connectivity index (χ3v) is 7.17. The summed E-state index contributed by atoms with van der Waals surface area (Å²) in [4.78, 5) is 37.7. The highest BCUT2D eigenvalue weighted by molar-refractivity contribution is 6.05. The standard InChI is InChI=1S/C30H31N3O4/c34-28(20-37-29(35)19-31-30(36)23-12-5-2-6-13-23)33-27(22-10-3-1-4-11-22)18-26(32-33)25-16-15-21-9-7-8-14-24(21)17-25/h1,3-4,7-11,14-17,23,27H,2,5-6,12-13,18-20H2,(H,31,36)/t27-/m1/s1. The number of hydrogen-bond acceptors (Lipinski definition) is 5. The second-order valence-corrected chi connectivity index (χ2v) is 9.69. The summed E-state index contributed by atoms with van der Waals surface area (Å²) in [6.07, 6.45) is 5.49. The Labute approximate surface area is 216 Å². The van der Waals surface area contributed by atoms with Gasteiger partial charge in [-0.05, 0) is 40.8 Å². The number of amides is 2. The van der Waals surface area contributed by atoms with Crippen molar-refractivity contribution in [1.29, 1.82) is 0 Å². The number of nitrogens with zero attached hydrogens (tertiary/aromatic N) is 2. The summed E-state index contributed by atoms with van der Waals surface area (Å²) in [5, 5.41) is 11.0. The van der Waals surface area contributed by atoms with Crippen LogP contribution in [0.4, 0.5) is 0 Å². The molecule has 0 radical (unpaired) electrons. The second kappa shape index (κ2) is 11.4. The number of esters is 1. The summed E-state index contributed by atoms with van der Waals surface area (Å²) in [5.41, 5.74) is 2.72. The Bertz CT molecular complexity index is 1310. The lowest BCUT2D eigenvalue weighted by Gasteiger charge is -2.22. The molecule has 190 valence electrons. The molecular formula is C30H31N3O4. The van der Waals surface area contributed by atoms with Crippen LogP contribution in [0.15, 0.2) is 77.9 Å². The first-order valence-electron chi connectivity index (χ1n) is 13.0.